The van der Waals surface area contributed by atoms with Crippen LogP contribution in [0.4, 0.5) is 0 Å². The van der Waals surface area contributed by atoms with E-state index in [9.17, 15) is 8.42 Å². The smallest absolute Gasteiger partial charge is 0.214 e. The lowest BCUT2D eigenvalue weighted by atomic mass is 10.1. The SMILES string of the molecule is CCCS(=O)(=O)N1CCC(NC(C)CC)CC1. The molecule has 0 aromatic rings. The Bertz CT molecular complexity index is 308. The highest BCUT2D eigenvalue weighted by Gasteiger charge is 2.27. The molecule has 17 heavy (non-hydrogen) atoms. The summed E-state index contributed by atoms with van der Waals surface area (Å²) < 4.78 is 25.4. The summed E-state index contributed by atoms with van der Waals surface area (Å²) in [4.78, 5) is 0. The van der Waals surface area contributed by atoms with E-state index in [2.05, 4.69) is 19.2 Å². The molecule has 0 aromatic carbocycles. The quantitative estimate of drug-likeness (QED) is 0.790. The number of hydrogen-bond donors (Lipinski definition) is 1. The van der Waals surface area contributed by atoms with E-state index in [1.807, 2.05) is 6.92 Å². The number of nitrogens with one attached hydrogen (secondary N) is 1. The maximum atomic E-state index is 11.9. The van der Waals surface area contributed by atoms with Crippen molar-refractivity contribution in [2.24, 2.45) is 0 Å². The molecule has 1 atom stereocenters. The van der Waals surface area contributed by atoms with Gasteiger partial charge >= 0.3 is 0 Å². The van der Waals surface area contributed by atoms with E-state index in [0.29, 0.717) is 31.6 Å². The highest BCUT2D eigenvalue weighted by Crippen LogP contribution is 2.15. The molecule has 1 aliphatic heterocycles. The predicted molar refractivity (Wildman–Crippen MR) is 71.6 cm³/mol. The van der Waals surface area contributed by atoms with Crippen LogP contribution in [0, 0.1) is 0 Å². The monoisotopic (exact) mass is 262 g/mol. The summed E-state index contributed by atoms with van der Waals surface area (Å²) >= 11 is 0. The maximum Gasteiger partial charge on any atom is 0.214 e. The highest BCUT2D eigenvalue weighted by molar-refractivity contribution is 7.89. The largest absolute Gasteiger partial charge is 0.311 e. The van der Waals surface area contributed by atoms with Gasteiger partial charge in [-0.1, -0.05) is 13.8 Å². The van der Waals surface area contributed by atoms with E-state index in [-0.39, 0.29) is 5.75 Å². The van der Waals surface area contributed by atoms with Crippen molar-refractivity contribution in [3.05, 3.63) is 0 Å². The first-order chi connectivity index (χ1) is 7.99. The van der Waals surface area contributed by atoms with Gasteiger partial charge < -0.3 is 5.32 Å². The third kappa shape index (κ3) is 4.56. The molecule has 5 heteroatoms. The third-order valence-corrected chi connectivity index (χ3v) is 5.52. The Morgan fingerprint density at radius 2 is 1.88 bits per heavy atom. The van der Waals surface area contributed by atoms with Gasteiger partial charge in [0.2, 0.25) is 10.0 Å². The maximum absolute atomic E-state index is 11.9. The van der Waals surface area contributed by atoms with Gasteiger partial charge in [0.15, 0.2) is 0 Å². The fourth-order valence-electron chi connectivity index (χ4n) is 2.21. The normalized spacial score (nSPS) is 21.6. The average molecular weight is 262 g/mol. The Kier molecular flexibility index (Phi) is 5.89. The summed E-state index contributed by atoms with van der Waals surface area (Å²) in [6, 6.07) is 1.01. The average Bonchev–Trinajstić information content (AvgIpc) is 2.29. The zero-order valence-corrected chi connectivity index (χ0v) is 12.1. The molecule has 4 nitrogen and oxygen atoms in total. The van der Waals surface area contributed by atoms with Crippen molar-refractivity contribution in [3.63, 3.8) is 0 Å². The molecule has 0 amide bonds. The number of sulfonamides is 1. The van der Waals surface area contributed by atoms with Gasteiger partial charge in [-0.15, -0.1) is 0 Å². The first kappa shape index (κ1) is 14.9. The standard InChI is InChI=1S/C12H26N2O2S/c1-4-10-17(15,16)14-8-6-12(7-9-14)13-11(3)5-2/h11-13H,4-10H2,1-3H3. The molecule has 0 saturated carbocycles. The van der Waals surface area contributed by atoms with Gasteiger partial charge in [0.25, 0.3) is 0 Å². The van der Waals surface area contributed by atoms with E-state index in [1.165, 1.54) is 0 Å². The number of rotatable bonds is 6. The summed E-state index contributed by atoms with van der Waals surface area (Å²) in [7, 11) is -2.99. The second-order valence-electron chi connectivity index (χ2n) is 4.97. The van der Waals surface area contributed by atoms with E-state index in [4.69, 9.17) is 0 Å². The molecule has 1 rings (SSSR count). The number of piperidine rings is 1. The second kappa shape index (κ2) is 6.71. The zero-order valence-electron chi connectivity index (χ0n) is 11.3. The van der Waals surface area contributed by atoms with Gasteiger partial charge in [-0.25, -0.2) is 12.7 Å². The Hall–Kier alpha value is -0.130. The van der Waals surface area contributed by atoms with Gasteiger partial charge in [0.1, 0.15) is 0 Å². The van der Waals surface area contributed by atoms with Crippen molar-refractivity contribution < 1.29 is 8.42 Å². The molecule has 1 N–H and O–H groups in total. The first-order valence-electron chi connectivity index (χ1n) is 6.73. The lowest BCUT2D eigenvalue weighted by Gasteiger charge is -2.33. The lowest BCUT2D eigenvalue weighted by Crippen LogP contribution is -2.47. The van der Waals surface area contributed by atoms with Crippen molar-refractivity contribution in [2.45, 2.75) is 58.5 Å². The number of hydrogen-bond acceptors (Lipinski definition) is 3. The van der Waals surface area contributed by atoms with Crippen molar-refractivity contribution in [1.29, 1.82) is 0 Å². The fourth-order valence-corrected chi connectivity index (χ4v) is 3.75. The molecular weight excluding hydrogens is 236 g/mol. The fraction of sp³-hybridized carbons (Fsp3) is 1.00. The third-order valence-electron chi connectivity index (χ3n) is 3.44. The Labute approximate surface area is 106 Å². The summed E-state index contributed by atoms with van der Waals surface area (Å²) in [5.74, 6) is 0.288. The molecule has 1 fully saturated rings. The van der Waals surface area contributed by atoms with Crippen LogP contribution in [-0.2, 0) is 10.0 Å². The zero-order chi connectivity index (χ0) is 12.9. The van der Waals surface area contributed by atoms with E-state index in [0.717, 1.165) is 19.3 Å². The molecule has 0 aromatic heterocycles. The van der Waals surface area contributed by atoms with Gasteiger partial charge in [-0.2, -0.15) is 0 Å². The number of nitrogens with zero attached hydrogens (tertiary/aromatic N) is 1. The summed E-state index contributed by atoms with van der Waals surface area (Å²) in [5, 5.41) is 3.55. The van der Waals surface area contributed by atoms with Gasteiger partial charge in [-0.05, 0) is 32.6 Å². The van der Waals surface area contributed by atoms with Crippen LogP contribution in [0.3, 0.4) is 0 Å². The lowest BCUT2D eigenvalue weighted by molar-refractivity contribution is 0.275. The molecule has 0 radical (unpaired) electrons. The van der Waals surface area contributed by atoms with Crippen LogP contribution in [0.15, 0.2) is 0 Å². The topological polar surface area (TPSA) is 49.4 Å². The van der Waals surface area contributed by atoms with Crippen molar-refractivity contribution in [2.75, 3.05) is 18.8 Å². The van der Waals surface area contributed by atoms with E-state index < -0.39 is 10.0 Å². The van der Waals surface area contributed by atoms with Crippen molar-refractivity contribution in [3.8, 4) is 0 Å². The Morgan fingerprint density at radius 1 is 1.29 bits per heavy atom. The van der Waals surface area contributed by atoms with Crippen LogP contribution in [0.1, 0.15) is 46.5 Å². The van der Waals surface area contributed by atoms with Gasteiger partial charge in [0, 0.05) is 25.2 Å². The highest BCUT2D eigenvalue weighted by atomic mass is 32.2. The van der Waals surface area contributed by atoms with Gasteiger partial charge in [-0.3, -0.25) is 0 Å². The van der Waals surface area contributed by atoms with Crippen molar-refractivity contribution in [1.82, 2.24) is 9.62 Å². The second-order valence-corrected chi connectivity index (χ2v) is 7.05. The predicted octanol–water partition coefficient (Wildman–Crippen LogP) is 1.58. The summed E-state index contributed by atoms with van der Waals surface area (Å²) in [6.07, 6.45) is 3.70. The van der Waals surface area contributed by atoms with Crippen LogP contribution >= 0.6 is 0 Å². The minimum absolute atomic E-state index is 0.288. The van der Waals surface area contributed by atoms with Crippen LogP contribution in [-0.4, -0.2) is 43.6 Å². The van der Waals surface area contributed by atoms with Crippen LogP contribution < -0.4 is 5.32 Å². The molecule has 0 spiro atoms. The molecule has 1 aliphatic rings. The Morgan fingerprint density at radius 3 is 2.35 bits per heavy atom. The van der Waals surface area contributed by atoms with E-state index >= 15 is 0 Å². The van der Waals surface area contributed by atoms with Crippen LogP contribution in [0.2, 0.25) is 0 Å². The summed E-state index contributed by atoms with van der Waals surface area (Å²) in [5.41, 5.74) is 0. The molecule has 1 unspecified atom stereocenters. The molecule has 1 heterocycles. The van der Waals surface area contributed by atoms with E-state index in [1.54, 1.807) is 4.31 Å². The Balaban J connectivity index is 2.40. The first-order valence-corrected chi connectivity index (χ1v) is 8.34. The molecule has 0 aliphatic carbocycles. The molecule has 0 bridgehead atoms. The summed E-state index contributed by atoms with van der Waals surface area (Å²) in [6.45, 7) is 7.61. The van der Waals surface area contributed by atoms with Crippen LogP contribution in [0.25, 0.3) is 0 Å². The minimum Gasteiger partial charge on any atom is -0.311 e. The minimum atomic E-state index is -2.99. The van der Waals surface area contributed by atoms with Crippen molar-refractivity contribution >= 4 is 10.0 Å². The van der Waals surface area contributed by atoms with Gasteiger partial charge in [0.05, 0.1) is 5.75 Å². The molecular formula is C12H26N2O2S. The molecule has 102 valence electrons. The molecule has 1 saturated heterocycles. The van der Waals surface area contributed by atoms with Crippen LogP contribution in [0.5, 0.6) is 0 Å².